The summed E-state index contributed by atoms with van der Waals surface area (Å²) in [4.78, 5) is 53.4. The number of amides is 2. The summed E-state index contributed by atoms with van der Waals surface area (Å²) < 4.78 is 16.3. The summed E-state index contributed by atoms with van der Waals surface area (Å²) >= 11 is 0. The molecule has 2 aromatic carbocycles. The van der Waals surface area contributed by atoms with Crippen molar-refractivity contribution >= 4 is 23.8 Å². The van der Waals surface area contributed by atoms with Crippen molar-refractivity contribution in [1.82, 2.24) is 15.5 Å². The molecule has 0 unspecified atom stereocenters. The van der Waals surface area contributed by atoms with E-state index in [4.69, 9.17) is 14.2 Å². The average Bonchev–Trinajstić information content (AvgIpc) is 3.29. The van der Waals surface area contributed by atoms with Gasteiger partial charge in [-0.25, -0.2) is 0 Å². The average molecular weight is 940 g/mol. The summed E-state index contributed by atoms with van der Waals surface area (Å²) in [5, 5.41) is 5.93. The van der Waals surface area contributed by atoms with Crippen molar-refractivity contribution < 1.29 is 38.3 Å². The van der Waals surface area contributed by atoms with Crippen LogP contribution in [0.4, 0.5) is 0 Å². The van der Waals surface area contributed by atoms with E-state index in [1.54, 1.807) is 4.90 Å². The maximum atomic E-state index is 12.5. The fraction of sp³-hybridized carbons (Fsp3) is 0.714. The second-order valence-corrected chi connectivity index (χ2v) is 18.8. The predicted octanol–water partition coefficient (Wildman–Crippen LogP) is 10.9. The number of hydrogen-bond acceptors (Lipinski definition) is 8. The summed E-state index contributed by atoms with van der Waals surface area (Å²) in [6.45, 7) is 38.8. The van der Waals surface area contributed by atoms with E-state index >= 15 is 0 Å². The van der Waals surface area contributed by atoms with Crippen LogP contribution in [0.2, 0.25) is 0 Å². The van der Waals surface area contributed by atoms with E-state index in [-0.39, 0.29) is 73.1 Å². The number of nitrogens with one attached hydrogen (secondary N) is 3. The molecule has 0 aliphatic heterocycles. The molecule has 0 spiro atoms. The minimum atomic E-state index is -0.349. The number of quaternary nitrogens is 1. The first-order valence-corrected chi connectivity index (χ1v) is 26.3. The second kappa shape index (κ2) is 39.1. The van der Waals surface area contributed by atoms with E-state index in [0.29, 0.717) is 24.6 Å². The smallest absolute Gasteiger partial charge is 0.311 e. The molecule has 2 amide bonds. The van der Waals surface area contributed by atoms with Gasteiger partial charge in [0.05, 0.1) is 39.0 Å². The number of para-hydroxylation sites is 2. The molecule has 0 atom stereocenters. The Bertz CT molecular complexity index is 1440. The number of carbonyl (C=O) groups excluding carboxylic acids is 4. The van der Waals surface area contributed by atoms with Crippen LogP contribution in [0.15, 0.2) is 36.4 Å². The number of ether oxygens (including phenoxy) is 3. The minimum Gasteiger partial charge on any atom is -0.426 e. The molecule has 0 radical (unpaired) electrons. The van der Waals surface area contributed by atoms with Crippen molar-refractivity contribution in [3.63, 3.8) is 0 Å². The number of esters is 2. The van der Waals surface area contributed by atoms with Crippen LogP contribution in [0.5, 0.6) is 11.5 Å². The maximum Gasteiger partial charge on any atom is 0.311 e. The van der Waals surface area contributed by atoms with Crippen molar-refractivity contribution in [2.24, 2.45) is 0 Å². The molecule has 11 nitrogen and oxygen atoms in total. The molecule has 0 heterocycles. The van der Waals surface area contributed by atoms with E-state index in [2.05, 4.69) is 98.6 Å². The Morgan fingerprint density at radius 3 is 1.16 bits per heavy atom. The lowest BCUT2D eigenvalue weighted by Crippen LogP contribution is -3.12. The fourth-order valence-corrected chi connectivity index (χ4v) is 7.40. The van der Waals surface area contributed by atoms with Gasteiger partial charge in [-0.05, 0) is 98.5 Å². The molecule has 3 N–H and O–H groups in total. The molecule has 0 aromatic heterocycles. The standard InChI is InChI=1S/2C26H44N2O3.C4H10O/c2*1-7-9-17-28(18-10-8-2)19-16-27-24(29)14-15-25(30)31-26-22(20(3)4)12-11-13-23(26)21(5)6;1-3-5-4-2/h2*11-13,20-21H,7-10,14-19H2,1-6H3,(H,27,29);3-4H2,1-2H3/p+1. The molecule has 11 heteroatoms. The summed E-state index contributed by atoms with van der Waals surface area (Å²) in [5.74, 6) is 1.51. The highest BCUT2D eigenvalue weighted by atomic mass is 16.5. The predicted molar refractivity (Wildman–Crippen MR) is 279 cm³/mol. The van der Waals surface area contributed by atoms with Crippen LogP contribution in [0.25, 0.3) is 0 Å². The zero-order chi connectivity index (χ0) is 50.6. The third kappa shape index (κ3) is 29.0. The molecular weight excluding hydrogens is 841 g/mol. The summed E-state index contributed by atoms with van der Waals surface area (Å²) in [6, 6.07) is 12.1. The first kappa shape index (κ1) is 63.2. The van der Waals surface area contributed by atoms with Crippen LogP contribution < -0.4 is 25.0 Å². The van der Waals surface area contributed by atoms with Gasteiger partial charge in [0.15, 0.2) is 0 Å². The van der Waals surface area contributed by atoms with Gasteiger partial charge in [0.1, 0.15) is 11.5 Å². The molecule has 0 aliphatic rings. The van der Waals surface area contributed by atoms with E-state index in [9.17, 15) is 19.2 Å². The van der Waals surface area contributed by atoms with E-state index < -0.39 is 0 Å². The van der Waals surface area contributed by atoms with Crippen LogP contribution >= 0.6 is 0 Å². The zero-order valence-electron chi connectivity index (χ0n) is 45.1. The number of hydrogen-bond donors (Lipinski definition) is 3. The van der Waals surface area contributed by atoms with Gasteiger partial charge < -0.3 is 34.6 Å². The number of nitrogens with zero attached hydrogens (tertiary/aromatic N) is 1. The van der Waals surface area contributed by atoms with Crippen molar-refractivity contribution in [1.29, 1.82) is 0 Å². The third-order valence-electron chi connectivity index (χ3n) is 11.6. The Balaban J connectivity index is 0.00000118. The fourth-order valence-electron chi connectivity index (χ4n) is 7.40. The van der Waals surface area contributed by atoms with Crippen molar-refractivity contribution in [2.75, 3.05) is 65.6 Å². The van der Waals surface area contributed by atoms with E-state index in [1.807, 2.05) is 50.2 Å². The number of carbonyl (C=O) groups is 4. The number of rotatable bonds is 32. The summed E-state index contributed by atoms with van der Waals surface area (Å²) in [7, 11) is 0. The van der Waals surface area contributed by atoms with Gasteiger partial charge in [0, 0.05) is 39.1 Å². The molecular formula is C56H99N4O7+. The Kier molecular flexibility index (Phi) is 36.9. The van der Waals surface area contributed by atoms with Crippen LogP contribution in [0.1, 0.15) is 220 Å². The van der Waals surface area contributed by atoms with Crippen molar-refractivity contribution in [3.8, 4) is 11.5 Å². The third-order valence-corrected chi connectivity index (χ3v) is 11.6. The summed E-state index contributed by atoms with van der Waals surface area (Å²) in [6.07, 6.45) is 10.0. The Morgan fingerprint density at radius 1 is 0.493 bits per heavy atom. The van der Waals surface area contributed by atoms with E-state index in [0.717, 1.165) is 74.7 Å². The number of unbranched alkanes of at least 4 members (excludes halogenated alkanes) is 4. The van der Waals surface area contributed by atoms with Gasteiger partial charge in [0.25, 0.3) is 0 Å². The number of benzene rings is 2. The lowest BCUT2D eigenvalue weighted by molar-refractivity contribution is -0.899. The van der Waals surface area contributed by atoms with Gasteiger partial charge in [-0.1, -0.05) is 145 Å². The normalized spacial score (nSPS) is 11.2. The van der Waals surface area contributed by atoms with Crippen LogP contribution in [-0.4, -0.2) is 94.2 Å². The molecule has 67 heavy (non-hydrogen) atoms. The lowest BCUT2D eigenvalue weighted by Gasteiger charge is -2.22. The highest BCUT2D eigenvalue weighted by Gasteiger charge is 2.21. The Hall–Kier alpha value is -3.80. The molecule has 0 aliphatic carbocycles. The maximum absolute atomic E-state index is 12.5. The highest BCUT2D eigenvalue weighted by molar-refractivity contribution is 5.83. The Morgan fingerprint density at radius 2 is 0.851 bits per heavy atom. The van der Waals surface area contributed by atoms with Gasteiger partial charge in [-0.15, -0.1) is 0 Å². The van der Waals surface area contributed by atoms with Gasteiger partial charge in [-0.3, -0.25) is 19.2 Å². The zero-order valence-corrected chi connectivity index (χ0v) is 45.1. The van der Waals surface area contributed by atoms with Crippen molar-refractivity contribution in [2.45, 2.75) is 198 Å². The molecule has 0 saturated heterocycles. The highest BCUT2D eigenvalue weighted by Crippen LogP contribution is 2.36. The first-order chi connectivity index (χ1) is 32.0. The molecule has 0 fully saturated rings. The molecule has 0 saturated carbocycles. The Labute approximate surface area is 409 Å². The summed E-state index contributed by atoms with van der Waals surface area (Å²) in [5.41, 5.74) is 4.13. The minimum absolute atomic E-state index is 0.0801. The lowest BCUT2D eigenvalue weighted by atomic mass is 9.94. The molecule has 2 rings (SSSR count). The molecule has 0 bridgehead atoms. The second-order valence-electron chi connectivity index (χ2n) is 18.8. The SMILES string of the molecule is CCCCN(CCCC)CCNC(=O)CCC(=O)Oc1c(C(C)C)cccc1C(C)C.CCCC[NH+](CCCC)CCNC(=O)CCC(=O)Oc1c(C(C)C)cccc1C(C)C.CCOCC. The quantitative estimate of drug-likeness (QED) is 0.0489. The van der Waals surface area contributed by atoms with Crippen LogP contribution in [0, 0.1) is 0 Å². The van der Waals surface area contributed by atoms with Crippen LogP contribution in [-0.2, 0) is 23.9 Å². The van der Waals surface area contributed by atoms with Crippen molar-refractivity contribution in [3.05, 3.63) is 58.7 Å². The topological polar surface area (TPSA) is 128 Å². The largest absolute Gasteiger partial charge is 0.426 e. The van der Waals surface area contributed by atoms with E-state index in [1.165, 1.54) is 51.4 Å². The van der Waals surface area contributed by atoms with Gasteiger partial charge in [-0.2, -0.15) is 0 Å². The molecule has 384 valence electrons. The monoisotopic (exact) mass is 940 g/mol. The first-order valence-electron chi connectivity index (χ1n) is 26.3. The van der Waals surface area contributed by atoms with Crippen LogP contribution in [0.3, 0.4) is 0 Å². The van der Waals surface area contributed by atoms with Gasteiger partial charge >= 0.3 is 11.9 Å². The molecule has 2 aromatic rings. The van der Waals surface area contributed by atoms with Gasteiger partial charge in [0.2, 0.25) is 11.8 Å².